The van der Waals surface area contributed by atoms with Crippen molar-refractivity contribution in [2.75, 3.05) is 26.2 Å². The molecule has 3 N–H and O–H groups in total. The van der Waals surface area contributed by atoms with Crippen molar-refractivity contribution in [3.05, 3.63) is 22.4 Å². The van der Waals surface area contributed by atoms with E-state index in [1.54, 1.807) is 6.07 Å². The van der Waals surface area contributed by atoms with E-state index in [1.165, 1.54) is 11.3 Å². The van der Waals surface area contributed by atoms with Crippen LogP contribution in [0.1, 0.15) is 42.8 Å². The summed E-state index contributed by atoms with van der Waals surface area (Å²) in [5, 5.41) is 4.76. The third-order valence-electron chi connectivity index (χ3n) is 4.42. The summed E-state index contributed by atoms with van der Waals surface area (Å²) in [7, 11) is 0. The highest BCUT2D eigenvalue weighted by atomic mass is 35.5. The van der Waals surface area contributed by atoms with Gasteiger partial charge in [-0.1, -0.05) is 19.9 Å². The topological polar surface area (TPSA) is 84.7 Å². The maximum Gasteiger partial charge on any atom is 0.262 e. The lowest BCUT2D eigenvalue weighted by atomic mass is 10.00. The molecule has 1 aromatic heterocycles. The van der Waals surface area contributed by atoms with Crippen LogP contribution in [0.4, 0.5) is 0 Å². The van der Waals surface area contributed by atoms with Crippen LogP contribution >= 0.6 is 23.7 Å². The van der Waals surface area contributed by atoms with Crippen molar-refractivity contribution in [3.63, 3.8) is 0 Å². The number of nitrogens with zero attached hydrogens (tertiary/aromatic N) is 1. The standard InChI is InChI=1S/C18H29N3O3S.ClH/c1-13(2)16(20-17(22)15-5-3-12-25-15)18(23)21-9-6-14(7-10-21)24-11-4-8-19;/h3,5,12-14,16H,4,6-11,19H2,1-2H3,(H,20,22);1H. The van der Waals surface area contributed by atoms with Gasteiger partial charge in [0.1, 0.15) is 6.04 Å². The number of nitrogens with one attached hydrogen (secondary N) is 1. The summed E-state index contributed by atoms with van der Waals surface area (Å²) in [5.41, 5.74) is 5.48. The Balaban J connectivity index is 0.00000338. The second-order valence-corrected chi connectivity index (χ2v) is 7.66. The number of nitrogens with two attached hydrogens (primary N) is 1. The molecule has 0 bridgehead atoms. The predicted octanol–water partition coefficient (Wildman–Crippen LogP) is 2.28. The summed E-state index contributed by atoms with van der Waals surface area (Å²) in [5.74, 6) is -0.141. The Kier molecular flexibility index (Phi) is 10.2. The van der Waals surface area contributed by atoms with E-state index in [1.807, 2.05) is 30.2 Å². The van der Waals surface area contributed by atoms with Crippen LogP contribution in [0.25, 0.3) is 0 Å². The molecule has 0 saturated carbocycles. The zero-order valence-corrected chi connectivity index (χ0v) is 17.1. The summed E-state index contributed by atoms with van der Waals surface area (Å²) in [6, 6.07) is 3.11. The minimum atomic E-state index is -0.496. The van der Waals surface area contributed by atoms with Gasteiger partial charge in [-0.2, -0.15) is 0 Å². The van der Waals surface area contributed by atoms with Gasteiger partial charge in [-0.25, -0.2) is 0 Å². The molecule has 1 aliphatic heterocycles. The lowest BCUT2D eigenvalue weighted by Gasteiger charge is -2.35. The molecule has 1 aromatic rings. The number of likely N-dealkylation sites (tertiary alicyclic amines) is 1. The van der Waals surface area contributed by atoms with Crippen LogP contribution < -0.4 is 11.1 Å². The van der Waals surface area contributed by atoms with Crippen LogP contribution in [0.2, 0.25) is 0 Å². The number of piperidine rings is 1. The number of rotatable bonds is 8. The number of halogens is 1. The molecule has 0 radical (unpaired) electrons. The molecule has 26 heavy (non-hydrogen) atoms. The average molecular weight is 404 g/mol. The van der Waals surface area contributed by atoms with E-state index >= 15 is 0 Å². The van der Waals surface area contributed by atoms with Crippen LogP contribution in [-0.4, -0.2) is 55.1 Å². The Morgan fingerprint density at radius 3 is 2.62 bits per heavy atom. The highest BCUT2D eigenvalue weighted by Gasteiger charge is 2.31. The summed E-state index contributed by atoms with van der Waals surface area (Å²) >= 11 is 1.38. The Hall–Kier alpha value is -1.15. The van der Waals surface area contributed by atoms with E-state index in [9.17, 15) is 9.59 Å². The molecule has 2 rings (SSSR count). The van der Waals surface area contributed by atoms with Crippen LogP contribution in [-0.2, 0) is 9.53 Å². The van der Waals surface area contributed by atoms with Gasteiger partial charge in [-0.05, 0) is 43.2 Å². The first-order valence-corrected chi connectivity index (χ1v) is 9.85. The van der Waals surface area contributed by atoms with E-state index < -0.39 is 6.04 Å². The fraction of sp³-hybridized carbons (Fsp3) is 0.667. The second-order valence-electron chi connectivity index (χ2n) is 6.71. The van der Waals surface area contributed by atoms with Gasteiger partial charge < -0.3 is 20.7 Å². The van der Waals surface area contributed by atoms with Gasteiger partial charge in [0, 0.05) is 19.7 Å². The molecule has 2 amide bonds. The molecular formula is C18H30ClN3O3S. The first-order valence-electron chi connectivity index (χ1n) is 8.97. The van der Waals surface area contributed by atoms with Gasteiger partial charge in [-0.15, -0.1) is 23.7 Å². The lowest BCUT2D eigenvalue weighted by Crippen LogP contribution is -2.53. The number of hydrogen-bond acceptors (Lipinski definition) is 5. The smallest absolute Gasteiger partial charge is 0.262 e. The van der Waals surface area contributed by atoms with Crippen LogP contribution in [0.15, 0.2) is 17.5 Å². The SMILES string of the molecule is CC(C)C(NC(=O)c1cccs1)C(=O)N1CCC(OCCCN)CC1.Cl. The Labute approximate surface area is 165 Å². The maximum atomic E-state index is 12.9. The maximum absolute atomic E-state index is 12.9. The van der Waals surface area contributed by atoms with Gasteiger partial charge in [0.05, 0.1) is 11.0 Å². The zero-order valence-electron chi connectivity index (χ0n) is 15.5. The summed E-state index contributed by atoms with van der Waals surface area (Å²) in [6.07, 6.45) is 2.73. The van der Waals surface area contributed by atoms with Crippen molar-refractivity contribution in [1.29, 1.82) is 0 Å². The number of amides is 2. The zero-order chi connectivity index (χ0) is 18.2. The minimum Gasteiger partial charge on any atom is -0.378 e. The van der Waals surface area contributed by atoms with E-state index in [2.05, 4.69) is 5.32 Å². The number of ether oxygens (including phenoxy) is 1. The fourth-order valence-electron chi connectivity index (χ4n) is 2.91. The van der Waals surface area contributed by atoms with Gasteiger partial charge in [-0.3, -0.25) is 9.59 Å². The Bertz CT molecular complexity index is 546. The molecule has 1 fully saturated rings. The monoisotopic (exact) mass is 403 g/mol. The molecule has 8 heteroatoms. The first kappa shape index (κ1) is 22.9. The van der Waals surface area contributed by atoms with E-state index in [0.29, 0.717) is 31.1 Å². The van der Waals surface area contributed by atoms with Gasteiger partial charge in [0.25, 0.3) is 5.91 Å². The first-order chi connectivity index (χ1) is 12.0. The van der Waals surface area contributed by atoms with Crippen molar-refractivity contribution in [2.45, 2.75) is 45.3 Å². The van der Waals surface area contributed by atoms with Gasteiger partial charge >= 0.3 is 0 Å². The fourth-order valence-corrected chi connectivity index (χ4v) is 3.53. The summed E-state index contributed by atoms with van der Waals surface area (Å²) in [6.45, 7) is 6.58. The van der Waals surface area contributed by atoms with E-state index in [-0.39, 0.29) is 36.2 Å². The van der Waals surface area contributed by atoms with Crippen LogP contribution in [0, 0.1) is 5.92 Å². The Morgan fingerprint density at radius 1 is 1.38 bits per heavy atom. The minimum absolute atomic E-state index is 0. The quantitative estimate of drug-likeness (QED) is 0.652. The van der Waals surface area contributed by atoms with Crippen molar-refractivity contribution in [3.8, 4) is 0 Å². The van der Waals surface area contributed by atoms with Crippen molar-refractivity contribution >= 4 is 35.6 Å². The number of carbonyl (C=O) groups excluding carboxylic acids is 2. The highest BCUT2D eigenvalue weighted by molar-refractivity contribution is 7.12. The van der Waals surface area contributed by atoms with Crippen molar-refractivity contribution in [2.24, 2.45) is 11.7 Å². The molecule has 0 spiro atoms. The third kappa shape index (κ3) is 6.54. The van der Waals surface area contributed by atoms with E-state index in [0.717, 1.165) is 19.3 Å². The molecular weight excluding hydrogens is 374 g/mol. The number of hydrogen-bond donors (Lipinski definition) is 2. The number of carbonyl (C=O) groups is 2. The molecule has 2 heterocycles. The molecule has 6 nitrogen and oxygen atoms in total. The predicted molar refractivity (Wildman–Crippen MR) is 107 cm³/mol. The summed E-state index contributed by atoms with van der Waals surface area (Å²) < 4.78 is 5.79. The number of thiophene rings is 1. The molecule has 1 aliphatic rings. The highest BCUT2D eigenvalue weighted by Crippen LogP contribution is 2.17. The van der Waals surface area contributed by atoms with Crippen LogP contribution in [0.5, 0.6) is 0 Å². The van der Waals surface area contributed by atoms with Gasteiger partial charge in [0.15, 0.2) is 0 Å². The Morgan fingerprint density at radius 2 is 2.08 bits per heavy atom. The molecule has 0 aromatic carbocycles. The normalized spacial score (nSPS) is 16.2. The third-order valence-corrected chi connectivity index (χ3v) is 5.29. The molecule has 1 unspecified atom stereocenters. The molecule has 148 valence electrons. The lowest BCUT2D eigenvalue weighted by molar-refractivity contribution is -0.137. The van der Waals surface area contributed by atoms with Crippen molar-refractivity contribution in [1.82, 2.24) is 10.2 Å². The average Bonchev–Trinajstić information content (AvgIpc) is 3.14. The van der Waals surface area contributed by atoms with E-state index in [4.69, 9.17) is 10.5 Å². The van der Waals surface area contributed by atoms with Crippen LogP contribution in [0.3, 0.4) is 0 Å². The van der Waals surface area contributed by atoms with Gasteiger partial charge in [0.2, 0.25) is 5.91 Å². The molecule has 1 atom stereocenters. The second kappa shape index (κ2) is 11.5. The largest absolute Gasteiger partial charge is 0.378 e. The molecule has 0 aliphatic carbocycles. The molecule has 1 saturated heterocycles. The summed E-state index contributed by atoms with van der Waals surface area (Å²) in [4.78, 5) is 27.7. The van der Waals surface area contributed by atoms with Crippen molar-refractivity contribution < 1.29 is 14.3 Å².